The van der Waals surface area contributed by atoms with Gasteiger partial charge in [-0.05, 0) is 51.0 Å². The average Bonchev–Trinajstić information content (AvgIpc) is 2.98. The van der Waals surface area contributed by atoms with Gasteiger partial charge >= 0.3 is 0 Å². The van der Waals surface area contributed by atoms with Crippen LogP contribution in [0.15, 0.2) is 6.20 Å². The summed E-state index contributed by atoms with van der Waals surface area (Å²) in [6.45, 7) is 5.69. The van der Waals surface area contributed by atoms with Crippen LogP contribution < -0.4 is 11.1 Å². The van der Waals surface area contributed by atoms with Gasteiger partial charge in [0.25, 0.3) is 0 Å². The number of nitrogens with two attached hydrogens (primary N) is 1. The van der Waals surface area contributed by atoms with Crippen LogP contribution >= 0.6 is 0 Å². The molecule has 2 atom stereocenters. The number of rotatable bonds is 4. The van der Waals surface area contributed by atoms with Crippen molar-refractivity contribution in [3.8, 4) is 0 Å². The summed E-state index contributed by atoms with van der Waals surface area (Å²) in [6.07, 6.45) is 6.64. The summed E-state index contributed by atoms with van der Waals surface area (Å²) in [7, 11) is 0. The van der Waals surface area contributed by atoms with Crippen LogP contribution in [0, 0.1) is 5.92 Å². The standard InChI is InChI=1S/C17H28N4O2/c1-11(2)21-10-13-3-4-14(9-15(13)20-21)19-17(22)16(18)12-5-7-23-8-6-12/h10-12,14,16H,3-9,18H2,1-2H3,(H,19,22). The molecule has 3 N–H and O–H groups in total. The molecule has 2 aliphatic rings. The molecular formula is C17H28N4O2. The first kappa shape index (κ1) is 16.5. The minimum Gasteiger partial charge on any atom is -0.381 e. The van der Waals surface area contributed by atoms with Crippen molar-refractivity contribution in [3.63, 3.8) is 0 Å². The van der Waals surface area contributed by atoms with Gasteiger partial charge < -0.3 is 15.8 Å². The van der Waals surface area contributed by atoms with Crippen molar-refractivity contribution in [2.75, 3.05) is 13.2 Å². The molecule has 6 nitrogen and oxygen atoms in total. The topological polar surface area (TPSA) is 82.2 Å². The van der Waals surface area contributed by atoms with Crippen LogP contribution in [0.1, 0.15) is 50.4 Å². The predicted octanol–water partition coefficient (Wildman–Crippen LogP) is 1.19. The van der Waals surface area contributed by atoms with Crippen LogP contribution in [0.25, 0.3) is 0 Å². The second-order valence-corrected chi connectivity index (χ2v) is 7.10. The third-order valence-corrected chi connectivity index (χ3v) is 5.05. The minimum absolute atomic E-state index is 0.0198. The number of carbonyl (C=O) groups is 1. The molecule has 1 aromatic heterocycles. The molecule has 0 aromatic carbocycles. The third kappa shape index (κ3) is 3.75. The lowest BCUT2D eigenvalue weighted by Gasteiger charge is -2.29. The van der Waals surface area contributed by atoms with E-state index >= 15 is 0 Å². The average molecular weight is 320 g/mol. The zero-order chi connectivity index (χ0) is 16.4. The number of ether oxygens (including phenoxy) is 1. The summed E-state index contributed by atoms with van der Waals surface area (Å²) in [6, 6.07) is 0.0977. The fourth-order valence-corrected chi connectivity index (χ4v) is 3.49. The first-order valence-corrected chi connectivity index (χ1v) is 8.75. The molecule has 1 amide bonds. The Bertz CT molecular complexity index is 549. The first-order chi connectivity index (χ1) is 11.0. The molecule has 1 saturated heterocycles. The summed E-state index contributed by atoms with van der Waals surface area (Å²) in [5.41, 5.74) is 8.60. The van der Waals surface area contributed by atoms with Gasteiger partial charge in [0, 0.05) is 37.9 Å². The highest BCUT2D eigenvalue weighted by Gasteiger charge is 2.29. The largest absolute Gasteiger partial charge is 0.381 e. The fraction of sp³-hybridized carbons (Fsp3) is 0.765. The van der Waals surface area contributed by atoms with Gasteiger partial charge in [0.1, 0.15) is 0 Å². The van der Waals surface area contributed by atoms with E-state index in [4.69, 9.17) is 10.5 Å². The van der Waals surface area contributed by atoms with Crippen LogP contribution in [0.4, 0.5) is 0 Å². The van der Waals surface area contributed by atoms with Crippen molar-refractivity contribution >= 4 is 5.91 Å². The molecule has 0 spiro atoms. The summed E-state index contributed by atoms with van der Waals surface area (Å²) in [5.74, 6) is 0.219. The molecule has 0 radical (unpaired) electrons. The quantitative estimate of drug-likeness (QED) is 0.873. The number of hydrogen-bond acceptors (Lipinski definition) is 4. The van der Waals surface area contributed by atoms with Gasteiger partial charge in [-0.25, -0.2) is 0 Å². The van der Waals surface area contributed by atoms with E-state index in [9.17, 15) is 4.79 Å². The first-order valence-electron chi connectivity index (χ1n) is 8.75. The molecular weight excluding hydrogens is 292 g/mol. The van der Waals surface area contributed by atoms with Crippen molar-refractivity contribution in [2.45, 2.75) is 64.1 Å². The van der Waals surface area contributed by atoms with Gasteiger partial charge in [-0.2, -0.15) is 5.10 Å². The number of aromatic nitrogens is 2. The van der Waals surface area contributed by atoms with Crippen molar-refractivity contribution < 1.29 is 9.53 Å². The normalized spacial score (nSPS) is 23.6. The van der Waals surface area contributed by atoms with Gasteiger partial charge in [0.15, 0.2) is 0 Å². The fourth-order valence-electron chi connectivity index (χ4n) is 3.49. The van der Waals surface area contributed by atoms with E-state index < -0.39 is 6.04 Å². The van der Waals surface area contributed by atoms with Crippen molar-refractivity contribution in [3.05, 3.63) is 17.5 Å². The number of nitrogens with zero attached hydrogens (tertiary/aromatic N) is 2. The van der Waals surface area contributed by atoms with Crippen LogP contribution in [0.5, 0.6) is 0 Å². The molecule has 2 unspecified atom stereocenters. The molecule has 0 saturated carbocycles. The van der Waals surface area contributed by atoms with Gasteiger partial charge in [-0.3, -0.25) is 9.48 Å². The molecule has 3 rings (SSSR count). The van der Waals surface area contributed by atoms with E-state index in [1.165, 1.54) is 5.56 Å². The molecule has 23 heavy (non-hydrogen) atoms. The third-order valence-electron chi connectivity index (χ3n) is 5.05. The maximum Gasteiger partial charge on any atom is 0.237 e. The van der Waals surface area contributed by atoms with Crippen LogP contribution in [-0.2, 0) is 22.4 Å². The molecule has 2 heterocycles. The smallest absolute Gasteiger partial charge is 0.237 e. The number of hydrogen-bond donors (Lipinski definition) is 2. The lowest BCUT2D eigenvalue weighted by Crippen LogP contribution is -2.51. The van der Waals surface area contributed by atoms with Crippen molar-refractivity contribution in [2.24, 2.45) is 11.7 Å². The SMILES string of the molecule is CC(C)n1cc2c(n1)CC(NC(=O)C(N)C1CCOCC1)CC2. The highest BCUT2D eigenvalue weighted by Crippen LogP contribution is 2.23. The van der Waals surface area contributed by atoms with Gasteiger partial charge in [-0.1, -0.05) is 0 Å². The zero-order valence-corrected chi connectivity index (χ0v) is 14.1. The van der Waals surface area contributed by atoms with Crippen molar-refractivity contribution in [1.29, 1.82) is 0 Å². The highest BCUT2D eigenvalue weighted by molar-refractivity contribution is 5.82. The maximum absolute atomic E-state index is 12.4. The van der Waals surface area contributed by atoms with Crippen LogP contribution in [0.2, 0.25) is 0 Å². The predicted molar refractivity (Wildman–Crippen MR) is 88.1 cm³/mol. The van der Waals surface area contributed by atoms with E-state index in [2.05, 4.69) is 30.5 Å². The molecule has 1 aromatic rings. The van der Waals surface area contributed by atoms with E-state index in [0.717, 1.165) is 37.8 Å². The lowest BCUT2D eigenvalue weighted by molar-refractivity contribution is -0.125. The van der Waals surface area contributed by atoms with Gasteiger partial charge in [0.05, 0.1) is 11.7 Å². The van der Waals surface area contributed by atoms with E-state index in [1.54, 1.807) is 0 Å². The Morgan fingerprint density at radius 2 is 2.13 bits per heavy atom. The molecule has 0 bridgehead atoms. The van der Waals surface area contributed by atoms with E-state index in [-0.39, 0.29) is 17.9 Å². The Labute approximate surface area is 137 Å². The number of aryl methyl sites for hydroxylation is 1. The molecule has 1 aliphatic carbocycles. The molecule has 128 valence electrons. The molecule has 6 heteroatoms. The Morgan fingerprint density at radius 3 is 2.83 bits per heavy atom. The maximum atomic E-state index is 12.4. The van der Waals surface area contributed by atoms with E-state index in [1.807, 2.05) is 4.68 Å². The lowest BCUT2D eigenvalue weighted by atomic mass is 9.90. The molecule has 1 fully saturated rings. The zero-order valence-electron chi connectivity index (χ0n) is 14.1. The second-order valence-electron chi connectivity index (χ2n) is 7.10. The monoisotopic (exact) mass is 320 g/mol. The number of amides is 1. The molecule has 1 aliphatic heterocycles. The second kappa shape index (κ2) is 7.01. The Balaban J connectivity index is 1.57. The Hall–Kier alpha value is -1.40. The van der Waals surface area contributed by atoms with Gasteiger partial charge in [0.2, 0.25) is 5.91 Å². The van der Waals surface area contributed by atoms with Crippen LogP contribution in [0.3, 0.4) is 0 Å². The van der Waals surface area contributed by atoms with Crippen molar-refractivity contribution in [1.82, 2.24) is 15.1 Å². The number of fused-ring (bicyclic) bond motifs is 1. The summed E-state index contributed by atoms with van der Waals surface area (Å²) in [5, 5.41) is 7.80. The van der Waals surface area contributed by atoms with Crippen LogP contribution in [-0.4, -0.2) is 41.0 Å². The number of carbonyl (C=O) groups excluding carboxylic acids is 1. The van der Waals surface area contributed by atoms with Gasteiger partial charge in [-0.15, -0.1) is 0 Å². The minimum atomic E-state index is -0.423. The summed E-state index contributed by atoms with van der Waals surface area (Å²) in [4.78, 5) is 12.4. The highest BCUT2D eigenvalue weighted by atomic mass is 16.5. The van der Waals surface area contributed by atoms with E-state index in [0.29, 0.717) is 19.3 Å². The summed E-state index contributed by atoms with van der Waals surface area (Å²) >= 11 is 0. The Morgan fingerprint density at radius 1 is 1.39 bits per heavy atom. The summed E-state index contributed by atoms with van der Waals surface area (Å²) < 4.78 is 7.36. The Kier molecular flexibility index (Phi) is 5.02. The number of nitrogens with one attached hydrogen (secondary N) is 1.